The van der Waals surface area contributed by atoms with Crippen molar-refractivity contribution in [3.05, 3.63) is 40.5 Å². The van der Waals surface area contributed by atoms with E-state index in [-0.39, 0.29) is 22.4 Å². The van der Waals surface area contributed by atoms with Crippen molar-refractivity contribution in [2.24, 2.45) is 0 Å². The Morgan fingerprint density at radius 1 is 1.33 bits per heavy atom. The van der Waals surface area contributed by atoms with Crippen LogP contribution in [0.5, 0.6) is 6.01 Å². The lowest BCUT2D eigenvalue weighted by Gasteiger charge is -2.22. The highest BCUT2D eigenvalue weighted by molar-refractivity contribution is 7.89. The molecule has 2 aromatic heterocycles. The second kappa shape index (κ2) is 7.08. The quantitative estimate of drug-likeness (QED) is 0.555. The monoisotopic (exact) mass is 415 g/mol. The lowest BCUT2D eigenvalue weighted by atomic mass is 10.0. The van der Waals surface area contributed by atoms with Crippen molar-refractivity contribution in [2.75, 3.05) is 14.2 Å². The van der Waals surface area contributed by atoms with Crippen LogP contribution >= 0.6 is 11.6 Å². The standard InChI is InChI=1S/C14H11ClFN5O5S/c1-25-12-7(6-22)3-4-8(16)11(12)20-27(23,24)13-18-10-5-9(15)17-14(26-2)21(10)19-13/h3-5,12,20H,1-2H3. The van der Waals surface area contributed by atoms with Gasteiger partial charge in [-0.1, -0.05) is 11.6 Å². The predicted octanol–water partition coefficient (Wildman–Crippen LogP) is 0.588. The van der Waals surface area contributed by atoms with Crippen LogP contribution in [0.2, 0.25) is 5.15 Å². The minimum atomic E-state index is -4.44. The molecule has 1 N–H and O–H groups in total. The maximum absolute atomic E-state index is 14.2. The van der Waals surface area contributed by atoms with Gasteiger partial charge < -0.3 is 9.47 Å². The molecule has 0 aliphatic heterocycles. The highest BCUT2D eigenvalue weighted by Gasteiger charge is 2.31. The number of nitrogens with one attached hydrogen (secondary N) is 1. The summed E-state index contributed by atoms with van der Waals surface area (Å²) in [6.45, 7) is 0. The van der Waals surface area contributed by atoms with Crippen LogP contribution in [0.1, 0.15) is 0 Å². The van der Waals surface area contributed by atoms with Crippen LogP contribution in [0.15, 0.2) is 40.5 Å². The number of methoxy groups -OCH3 is 2. The third-order valence-electron chi connectivity index (χ3n) is 3.48. The van der Waals surface area contributed by atoms with Crippen molar-refractivity contribution in [1.29, 1.82) is 0 Å². The molecule has 2 aromatic rings. The zero-order chi connectivity index (χ0) is 19.8. The van der Waals surface area contributed by atoms with Gasteiger partial charge in [-0.25, -0.2) is 9.18 Å². The van der Waals surface area contributed by atoms with E-state index in [2.05, 4.69) is 15.1 Å². The van der Waals surface area contributed by atoms with Crippen LogP contribution in [0, 0.1) is 0 Å². The lowest BCUT2D eigenvalue weighted by Crippen LogP contribution is -2.34. The van der Waals surface area contributed by atoms with E-state index in [1.807, 2.05) is 4.72 Å². The SMILES string of the molecule is COc1nc(Cl)cc2nc(S(=O)(=O)NC3=C(F)C=CC(=C=O)C3OC)nn12. The Morgan fingerprint density at radius 2 is 2.07 bits per heavy atom. The summed E-state index contributed by atoms with van der Waals surface area (Å²) in [6.07, 6.45) is 0.762. The Labute approximate surface area is 157 Å². The summed E-state index contributed by atoms with van der Waals surface area (Å²) in [5, 5.41) is 3.12. The van der Waals surface area contributed by atoms with Crippen molar-refractivity contribution in [1.82, 2.24) is 24.3 Å². The van der Waals surface area contributed by atoms with Gasteiger partial charge in [0.05, 0.1) is 18.4 Å². The average Bonchev–Trinajstić information content (AvgIpc) is 3.07. The molecule has 1 aliphatic carbocycles. The number of ether oxygens (including phenoxy) is 2. The van der Waals surface area contributed by atoms with E-state index in [1.54, 1.807) is 5.94 Å². The molecular formula is C14H11ClFN5O5S. The third-order valence-corrected chi connectivity index (χ3v) is 4.81. The number of fused-ring (bicyclic) bond motifs is 1. The van der Waals surface area contributed by atoms with Gasteiger partial charge >= 0.3 is 6.01 Å². The van der Waals surface area contributed by atoms with Gasteiger partial charge in [-0.05, 0) is 12.2 Å². The number of carbonyl (C=O) groups excluding carboxylic acids is 1. The first-order valence-electron chi connectivity index (χ1n) is 7.16. The molecule has 0 spiro atoms. The molecule has 1 unspecified atom stereocenters. The van der Waals surface area contributed by atoms with Gasteiger partial charge in [-0.15, -0.1) is 5.10 Å². The Balaban J connectivity index is 2.06. The van der Waals surface area contributed by atoms with E-state index < -0.39 is 32.8 Å². The van der Waals surface area contributed by atoms with E-state index >= 15 is 0 Å². The lowest BCUT2D eigenvalue weighted by molar-refractivity contribution is 0.156. The van der Waals surface area contributed by atoms with Gasteiger partial charge in [0.2, 0.25) is 0 Å². The number of rotatable bonds is 5. The second-order valence-corrected chi connectivity index (χ2v) is 7.07. The van der Waals surface area contributed by atoms with Crippen LogP contribution in [0.4, 0.5) is 4.39 Å². The summed E-state index contributed by atoms with van der Waals surface area (Å²) >= 11 is 5.81. The topological polar surface area (TPSA) is 125 Å². The van der Waals surface area contributed by atoms with Gasteiger partial charge in [0, 0.05) is 13.2 Å². The zero-order valence-corrected chi connectivity index (χ0v) is 15.4. The fourth-order valence-electron chi connectivity index (χ4n) is 2.31. The molecule has 0 radical (unpaired) electrons. The number of nitrogens with zero attached hydrogens (tertiary/aromatic N) is 4. The molecule has 0 aromatic carbocycles. The summed E-state index contributed by atoms with van der Waals surface area (Å²) < 4.78 is 52.4. The van der Waals surface area contributed by atoms with Gasteiger partial charge in [0.15, 0.2) is 5.65 Å². The van der Waals surface area contributed by atoms with Gasteiger partial charge in [-0.3, -0.25) is 4.72 Å². The second-order valence-electron chi connectivity index (χ2n) is 5.10. The first-order chi connectivity index (χ1) is 12.8. The maximum Gasteiger partial charge on any atom is 0.320 e. The number of hydrogen-bond acceptors (Lipinski definition) is 8. The molecular weight excluding hydrogens is 405 g/mol. The van der Waals surface area contributed by atoms with Crippen LogP contribution in [-0.2, 0) is 19.6 Å². The fraction of sp³-hybridized carbons (Fsp3) is 0.214. The molecule has 0 saturated heterocycles. The largest absolute Gasteiger partial charge is 0.467 e. The van der Waals surface area contributed by atoms with Gasteiger partial charge in [-0.2, -0.15) is 22.9 Å². The van der Waals surface area contributed by atoms with Crippen molar-refractivity contribution in [3.63, 3.8) is 0 Å². The van der Waals surface area contributed by atoms with Gasteiger partial charge in [0.1, 0.15) is 23.0 Å². The molecule has 1 atom stereocenters. The molecule has 13 heteroatoms. The van der Waals surface area contributed by atoms with Gasteiger partial charge in [0.25, 0.3) is 15.2 Å². The minimum absolute atomic E-state index is 0.00929. The highest BCUT2D eigenvalue weighted by atomic mass is 35.5. The van der Waals surface area contributed by atoms with Crippen LogP contribution in [0.3, 0.4) is 0 Å². The van der Waals surface area contributed by atoms with Crippen molar-refractivity contribution in [3.8, 4) is 6.01 Å². The molecule has 142 valence electrons. The van der Waals surface area contributed by atoms with E-state index in [0.717, 1.165) is 16.7 Å². The van der Waals surface area contributed by atoms with Crippen LogP contribution in [0.25, 0.3) is 5.65 Å². The summed E-state index contributed by atoms with van der Waals surface area (Å²) in [6, 6.07) is 1.17. The number of aromatic nitrogens is 4. The zero-order valence-electron chi connectivity index (χ0n) is 13.8. The highest BCUT2D eigenvalue weighted by Crippen LogP contribution is 2.25. The summed E-state index contributed by atoms with van der Waals surface area (Å²) in [5.41, 5.74) is -0.542. The molecule has 3 rings (SSSR count). The number of sulfonamides is 1. The molecule has 27 heavy (non-hydrogen) atoms. The molecule has 10 nitrogen and oxygen atoms in total. The maximum atomic E-state index is 14.2. The molecule has 0 bridgehead atoms. The van der Waals surface area contributed by atoms with Crippen LogP contribution < -0.4 is 9.46 Å². The van der Waals surface area contributed by atoms with E-state index in [9.17, 15) is 17.6 Å². The Bertz CT molecular complexity index is 1140. The molecule has 1 aliphatic rings. The predicted molar refractivity (Wildman–Crippen MR) is 89.9 cm³/mol. The van der Waals surface area contributed by atoms with Crippen LogP contribution in [-0.4, -0.2) is 54.3 Å². The molecule has 0 saturated carbocycles. The van der Waals surface area contributed by atoms with Crippen molar-refractivity contribution in [2.45, 2.75) is 11.3 Å². The fourth-order valence-corrected chi connectivity index (χ4v) is 3.47. The number of allylic oxidation sites excluding steroid dienone is 2. The Hall–Kier alpha value is -2.79. The molecule has 0 fully saturated rings. The van der Waals surface area contributed by atoms with Crippen molar-refractivity contribution < 1.29 is 27.1 Å². The molecule has 0 amide bonds. The number of hydrogen-bond donors (Lipinski definition) is 1. The molecule has 2 heterocycles. The van der Waals surface area contributed by atoms with E-state index in [0.29, 0.717) is 0 Å². The average molecular weight is 416 g/mol. The smallest absolute Gasteiger partial charge is 0.320 e. The van der Waals surface area contributed by atoms with E-state index in [4.69, 9.17) is 21.1 Å². The number of halogens is 2. The van der Waals surface area contributed by atoms with E-state index in [1.165, 1.54) is 20.3 Å². The summed E-state index contributed by atoms with van der Waals surface area (Å²) in [5.74, 6) is 0.633. The Morgan fingerprint density at radius 3 is 2.70 bits per heavy atom. The normalized spacial score (nSPS) is 17.3. The summed E-state index contributed by atoms with van der Waals surface area (Å²) in [4.78, 5) is 18.6. The van der Waals surface area contributed by atoms with Crippen molar-refractivity contribution >= 4 is 33.2 Å². The first kappa shape index (κ1) is 19.0. The minimum Gasteiger partial charge on any atom is -0.467 e. The first-order valence-corrected chi connectivity index (χ1v) is 9.02. The Kier molecular flexibility index (Phi) is 4.98. The summed E-state index contributed by atoms with van der Waals surface area (Å²) in [7, 11) is -1.97. The third kappa shape index (κ3) is 3.43.